The van der Waals surface area contributed by atoms with Crippen molar-refractivity contribution in [3.8, 4) is 0 Å². The van der Waals surface area contributed by atoms with Crippen molar-refractivity contribution in [3.63, 3.8) is 0 Å². The number of nitrogens with zero attached hydrogens (tertiary/aromatic N) is 2. The van der Waals surface area contributed by atoms with Crippen molar-refractivity contribution >= 4 is 5.65 Å². The first-order chi connectivity index (χ1) is 8.36. The fraction of sp³-hybridized carbons (Fsp3) is 0.615. The summed E-state index contributed by atoms with van der Waals surface area (Å²) < 4.78 is 2.00. The predicted octanol–water partition coefficient (Wildman–Crippen LogP) is 2.56. The third-order valence-corrected chi connectivity index (χ3v) is 3.82. The van der Waals surface area contributed by atoms with Crippen LogP contribution < -0.4 is 5.73 Å². The van der Waals surface area contributed by atoms with Crippen molar-refractivity contribution in [1.82, 2.24) is 14.6 Å². The average Bonchev–Trinajstić information content (AvgIpc) is 2.76. The third-order valence-electron chi connectivity index (χ3n) is 3.82. The Labute approximate surface area is 101 Å². The van der Waals surface area contributed by atoms with Gasteiger partial charge in [0.05, 0.1) is 11.9 Å². The summed E-state index contributed by atoms with van der Waals surface area (Å²) in [5.74, 6) is 0.695. The van der Waals surface area contributed by atoms with Gasteiger partial charge in [-0.05, 0) is 12.8 Å². The van der Waals surface area contributed by atoms with E-state index in [2.05, 4.69) is 16.1 Å². The molecule has 4 nitrogen and oxygen atoms in total. The summed E-state index contributed by atoms with van der Waals surface area (Å²) in [6.07, 6.45) is 10.1. The summed E-state index contributed by atoms with van der Waals surface area (Å²) in [6, 6.07) is 2.19. The highest BCUT2D eigenvalue weighted by Gasteiger charge is 2.17. The van der Waals surface area contributed by atoms with Gasteiger partial charge in [0, 0.05) is 24.2 Å². The van der Waals surface area contributed by atoms with Gasteiger partial charge >= 0.3 is 0 Å². The van der Waals surface area contributed by atoms with E-state index in [9.17, 15) is 0 Å². The highest BCUT2D eigenvalue weighted by Crippen LogP contribution is 2.31. The lowest BCUT2D eigenvalue weighted by Crippen LogP contribution is -1.99. The van der Waals surface area contributed by atoms with Crippen molar-refractivity contribution in [1.29, 1.82) is 0 Å². The lowest BCUT2D eigenvalue weighted by atomic mass is 9.97. The standard InChI is InChI=1S/C13H20N4/c14-8-11-9-17-13(15-11)7-12(16-17)10-5-3-1-2-4-6-10/h7,9-10,16H,1-6,8,14H2. The summed E-state index contributed by atoms with van der Waals surface area (Å²) in [4.78, 5) is 4.48. The van der Waals surface area contributed by atoms with Crippen LogP contribution in [-0.2, 0) is 6.54 Å². The van der Waals surface area contributed by atoms with E-state index in [4.69, 9.17) is 5.73 Å². The molecule has 2 aromatic rings. The second kappa shape index (κ2) is 4.53. The highest BCUT2D eigenvalue weighted by atomic mass is 15.3. The number of hydrogen-bond donors (Lipinski definition) is 2. The highest BCUT2D eigenvalue weighted by molar-refractivity contribution is 5.41. The van der Waals surface area contributed by atoms with Crippen LogP contribution in [0.1, 0.15) is 55.8 Å². The van der Waals surface area contributed by atoms with E-state index in [1.165, 1.54) is 44.2 Å². The van der Waals surface area contributed by atoms with Crippen molar-refractivity contribution in [2.75, 3.05) is 0 Å². The number of hydrogen-bond acceptors (Lipinski definition) is 2. The second-order valence-corrected chi connectivity index (χ2v) is 5.06. The Morgan fingerprint density at radius 1 is 1.29 bits per heavy atom. The zero-order valence-corrected chi connectivity index (χ0v) is 10.2. The fourth-order valence-electron chi connectivity index (χ4n) is 2.84. The van der Waals surface area contributed by atoms with Crippen molar-refractivity contribution in [2.45, 2.75) is 51.0 Å². The van der Waals surface area contributed by atoms with Crippen LogP contribution in [0.5, 0.6) is 0 Å². The Morgan fingerprint density at radius 2 is 2.06 bits per heavy atom. The molecule has 1 fully saturated rings. The SMILES string of the molecule is NCc1cn2[nH]c(C3CCCCCC3)cc2n1. The molecule has 2 heterocycles. The molecule has 4 heteroatoms. The molecule has 0 unspecified atom stereocenters. The van der Waals surface area contributed by atoms with Gasteiger partial charge in [-0.15, -0.1) is 0 Å². The van der Waals surface area contributed by atoms with Gasteiger partial charge in [0.1, 0.15) is 0 Å². The molecule has 1 aliphatic rings. The molecule has 0 atom stereocenters. The third kappa shape index (κ3) is 2.09. The average molecular weight is 232 g/mol. The lowest BCUT2D eigenvalue weighted by molar-refractivity contribution is 0.573. The first kappa shape index (κ1) is 10.8. The molecule has 2 aromatic heterocycles. The van der Waals surface area contributed by atoms with Crippen molar-refractivity contribution in [2.24, 2.45) is 5.73 Å². The molecule has 3 N–H and O–H groups in total. The first-order valence-corrected chi connectivity index (χ1v) is 6.64. The van der Waals surface area contributed by atoms with Crippen molar-refractivity contribution < 1.29 is 0 Å². The number of rotatable bonds is 2. The number of aromatic nitrogens is 3. The van der Waals surface area contributed by atoms with Crippen LogP contribution in [-0.4, -0.2) is 14.6 Å². The van der Waals surface area contributed by atoms with Crippen LogP contribution in [0, 0.1) is 0 Å². The lowest BCUT2D eigenvalue weighted by Gasteiger charge is -2.10. The van der Waals surface area contributed by atoms with Gasteiger partial charge in [0.2, 0.25) is 0 Å². The molecule has 1 saturated carbocycles. The molecular formula is C13H20N4. The topological polar surface area (TPSA) is 59.1 Å². The summed E-state index contributed by atoms with van der Waals surface area (Å²) >= 11 is 0. The quantitative estimate of drug-likeness (QED) is 0.782. The largest absolute Gasteiger partial charge is 0.325 e. The molecule has 0 radical (unpaired) electrons. The number of fused-ring (bicyclic) bond motifs is 1. The maximum Gasteiger partial charge on any atom is 0.153 e. The minimum Gasteiger partial charge on any atom is -0.325 e. The van der Waals surface area contributed by atoms with Crippen LogP contribution in [0.4, 0.5) is 0 Å². The van der Waals surface area contributed by atoms with E-state index < -0.39 is 0 Å². The number of H-pyrrole nitrogens is 1. The Bertz CT molecular complexity index is 457. The molecule has 17 heavy (non-hydrogen) atoms. The van der Waals surface area contributed by atoms with E-state index in [0.717, 1.165) is 11.3 Å². The number of nitrogens with one attached hydrogen (secondary N) is 1. The van der Waals surface area contributed by atoms with Gasteiger partial charge in [-0.1, -0.05) is 25.7 Å². The maximum absolute atomic E-state index is 5.58. The molecule has 0 bridgehead atoms. The minimum absolute atomic E-state index is 0.508. The molecule has 0 aromatic carbocycles. The van der Waals surface area contributed by atoms with Crippen LogP contribution in [0.15, 0.2) is 12.3 Å². The number of nitrogens with two attached hydrogens (primary N) is 1. The summed E-state index contributed by atoms with van der Waals surface area (Å²) in [6.45, 7) is 0.508. The van der Waals surface area contributed by atoms with Gasteiger partial charge < -0.3 is 5.73 Å². The molecule has 0 spiro atoms. The van der Waals surface area contributed by atoms with Gasteiger partial charge in [-0.25, -0.2) is 9.50 Å². The predicted molar refractivity (Wildman–Crippen MR) is 67.9 cm³/mol. The second-order valence-electron chi connectivity index (χ2n) is 5.06. The van der Waals surface area contributed by atoms with Gasteiger partial charge in [-0.2, -0.15) is 0 Å². The smallest absolute Gasteiger partial charge is 0.153 e. The Hall–Kier alpha value is -1.29. The van der Waals surface area contributed by atoms with E-state index in [-0.39, 0.29) is 0 Å². The molecule has 3 rings (SSSR count). The summed E-state index contributed by atoms with van der Waals surface area (Å²) in [5.41, 5.74) is 8.88. The number of imidazole rings is 1. The van der Waals surface area contributed by atoms with Crippen LogP contribution in [0.25, 0.3) is 5.65 Å². The Morgan fingerprint density at radius 3 is 2.71 bits per heavy atom. The van der Waals surface area contributed by atoms with E-state index in [1.54, 1.807) is 0 Å². The van der Waals surface area contributed by atoms with E-state index in [1.807, 2.05) is 10.7 Å². The zero-order valence-electron chi connectivity index (χ0n) is 10.2. The van der Waals surface area contributed by atoms with Crippen LogP contribution in [0.2, 0.25) is 0 Å². The first-order valence-electron chi connectivity index (χ1n) is 6.64. The Balaban J connectivity index is 1.86. The molecule has 92 valence electrons. The monoisotopic (exact) mass is 232 g/mol. The molecule has 0 aliphatic heterocycles. The fourth-order valence-corrected chi connectivity index (χ4v) is 2.84. The summed E-state index contributed by atoms with van der Waals surface area (Å²) in [7, 11) is 0. The van der Waals surface area contributed by atoms with Gasteiger partial charge in [0.25, 0.3) is 0 Å². The molecule has 0 amide bonds. The zero-order chi connectivity index (χ0) is 11.7. The normalized spacial score (nSPS) is 18.6. The molecular weight excluding hydrogens is 212 g/mol. The molecule has 1 aliphatic carbocycles. The van der Waals surface area contributed by atoms with Crippen LogP contribution in [0.3, 0.4) is 0 Å². The van der Waals surface area contributed by atoms with Crippen LogP contribution >= 0.6 is 0 Å². The van der Waals surface area contributed by atoms with Gasteiger partial charge in [0.15, 0.2) is 5.65 Å². The van der Waals surface area contributed by atoms with E-state index >= 15 is 0 Å². The van der Waals surface area contributed by atoms with E-state index in [0.29, 0.717) is 12.5 Å². The molecule has 0 saturated heterocycles. The van der Waals surface area contributed by atoms with Crippen molar-refractivity contribution in [3.05, 3.63) is 23.7 Å². The summed E-state index contributed by atoms with van der Waals surface area (Å²) in [5, 5.41) is 3.45. The number of aromatic amines is 1. The van der Waals surface area contributed by atoms with Gasteiger partial charge in [-0.3, -0.25) is 5.10 Å². The maximum atomic E-state index is 5.58. The minimum atomic E-state index is 0.508. The Kier molecular flexibility index (Phi) is 2.89.